The fourth-order valence-corrected chi connectivity index (χ4v) is 3.33. The molecule has 2 heterocycles. The van der Waals surface area contributed by atoms with Gasteiger partial charge in [-0.15, -0.1) is 11.3 Å². The molecule has 1 aromatic heterocycles. The van der Waals surface area contributed by atoms with Gasteiger partial charge < -0.3 is 9.84 Å². The molecule has 5 heteroatoms. The summed E-state index contributed by atoms with van der Waals surface area (Å²) >= 11 is 1.69. The van der Waals surface area contributed by atoms with Crippen LogP contribution in [0.4, 0.5) is 0 Å². The summed E-state index contributed by atoms with van der Waals surface area (Å²) in [4.78, 5) is 14.2. The van der Waals surface area contributed by atoms with E-state index in [-0.39, 0.29) is 0 Å². The Morgan fingerprint density at radius 1 is 1.68 bits per heavy atom. The van der Waals surface area contributed by atoms with Crippen LogP contribution in [0.2, 0.25) is 0 Å². The Hall–Kier alpha value is -1.17. The molecule has 1 aliphatic heterocycles. The molecule has 0 aliphatic carbocycles. The number of rotatable bonds is 6. The smallest absolute Gasteiger partial charge is 0.328 e. The molecule has 0 bridgehead atoms. The monoisotopic (exact) mass is 281 g/mol. The molecule has 2 rings (SSSR count). The van der Waals surface area contributed by atoms with E-state index in [2.05, 4.69) is 4.90 Å². The van der Waals surface area contributed by atoms with E-state index >= 15 is 0 Å². The first-order valence-electron chi connectivity index (χ1n) is 6.37. The van der Waals surface area contributed by atoms with Crippen LogP contribution in [0.5, 0.6) is 0 Å². The number of thiophene rings is 1. The third kappa shape index (κ3) is 4.16. The van der Waals surface area contributed by atoms with Gasteiger partial charge in [0.25, 0.3) is 0 Å². The molecule has 1 aliphatic rings. The van der Waals surface area contributed by atoms with Crippen LogP contribution in [0.1, 0.15) is 16.9 Å². The van der Waals surface area contributed by atoms with Crippen LogP contribution in [0.15, 0.2) is 17.5 Å². The van der Waals surface area contributed by atoms with Gasteiger partial charge in [-0.05, 0) is 42.0 Å². The summed E-state index contributed by atoms with van der Waals surface area (Å²) in [5, 5.41) is 10.7. The normalized spacial score (nSPS) is 20.4. The predicted octanol–water partition coefficient (Wildman–Crippen LogP) is 2.31. The van der Waals surface area contributed by atoms with Crippen molar-refractivity contribution in [3.05, 3.63) is 28.0 Å². The van der Waals surface area contributed by atoms with Crippen molar-refractivity contribution in [2.24, 2.45) is 5.92 Å². The van der Waals surface area contributed by atoms with Gasteiger partial charge in [-0.1, -0.05) is 0 Å². The number of carbonyl (C=O) groups is 1. The van der Waals surface area contributed by atoms with Crippen LogP contribution in [0.3, 0.4) is 0 Å². The first kappa shape index (κ1) is 14.2. The van der Waals surface area contributed by atoms with Gasteiger partial charge in [0.15, 0.2) is 0 Å². The molecule has 1 aromatic rings. The number of ether oxygens (including phenoxy) is 1. The first-order chi connectivity index (χ1) is 9.19. The van der Waals surface area contributed by atoms with Crippen LogP contribution in [-0.2, 0) is 16.1 Å². The number of likely N-dealkylation sites (tertiary alicyclic amines) is 1. The minimum absolute atomic E-state index is 0.628. The maximum Gasteiger partial charge on any atom is 0.328 e. The molecule has 1 N–H and O–H groups in total. The molecular weight excluding hydrogens is 262 g/mol. The Balaban J connectivity index is 1.93. The molecule has 1 unspecified atom stereocenters. The second-order valence-electron chi connectivity index (χ2n) is 4.82. The van der Waals surface area contributed by atoms with Crippen LogP contribution >= 0.6 is 11.3 Å². The SMILES string of the molecule is COCC1CCN(Cc2sccc2C=CC(=O)O)C1. The molecule has 4 nitrogen and oxygen atoms in total. The molecule has 0 amide bonds. The zero-order valence-corrected chi connectivity index (χ0v) is 11.9. The number of methoxy groups -OCH3 is 1. The summed E-state index contributed by atoms with van der Waals surface area (Å²) in [6.07, 6.45) is 4.06. The minimum Gasteiger partial charge on any atom is -0.478 e. The van der Waals surface area contributed by atoms with Gasteiger partial charge in [0.1, 0.15) is 0 Å². The Morgan fingerprint density at radius 2 is 2.53 bits per heavy atom. The van der Waals surface area contributed by atoms with Crippen molar-refractivity contribution in [2.45, 2.75) is 13.0 Å². The Morgan fingerprint density at radius 3 is 3.26 bits per heavy atom. The van der Waals surface area contributed by atoms with Crippen molar-refractivity contribution >= 4 is 23.4 Å². The summed E-state index contributed by atoms with van der Waals surface area (Å²) in [6, 6.07) is 1.97. The van der Waals surface area contributed by atoms with E-state index in [0.29, 0.717) is 5.92 Å². The maximum absolute atomic E-state index is 10.6. The minimum atomic E-state index is -0.904. The average molecular weight is 281 g/mol. The lowest BCUT2D eigenvalue weighted by Gasteiger charge is -2.15. The van der Waals surface area contributed by atoms with Crippen molar-refractivity contribution in [3.63, 3.8) is 0 Å². The Kier molecular flexibility index (Phi) is 5.13. The van der Waals surface area contributed by atoms with Gasteiger partial charge in [-0.3, -0.25) is 4.90 Å². The third-order valence-electron chi connectivity index (χ3n) is 3.32. The predicted molar refractivity (Wildman–Crippen MR) is 76.2 cm³/mol. The van der Waals surface area contributed by atoms with Crippen molar-refractivity contribution in [2.75, 3.05) is 26.8 Å². The highest BCUT2D eigenvalue weighted by atomic mass is 32.1. The largest absolute Gasteiger partial charge is 0.478 e. The van der Waals surface area contributed by atoms with Gasteiger partial charge in [0.2, 0.25) is 0 Å². The van der Waals surface area contributed by atoms with Gasteiger partial charge in [-0.25, -0.2) is 4.79 Å². The highest BCUT2D eigenvalue weighted by molar-refractivity contribution is 7.10. The topological polar surface area (TPSA) is 49.8 Å². The van der Waals surface area contributed by atoms with Crippen molar-refractivity contribution in [1.29, 1.82) is 0 Å². The van der Waals surface area contributed by atoms with Gasteiger partial charge in [0.05, 0.1) is 6.61 Å². The summed E-state index contributed by atoms with van der Waals surface area (Å²) in [5.74, 6) is -0.276. The summed E-state index contributed by atoms with van der Waals surface area (Å²) in [6.45, 7) is 3.88. The van der Waals surface area contributed by atoms with E-state index in [1.165, 1.54) is 17.4 Å². The summed E-state index contributed by atoms with van der Waals surface area (Å²) < 4.78 is 5.20. The van der Waals surface area contributed by atoms with E-state index in [4.69, 9.17) is 9.84 Å². The number of carboxylic acid groups (broad SMARTS) is 1. The van der Waals surface area contributed by atoms with E-state index in [0.717, 1.165) is 31.8 Å². The van der Waals surface area contributed by atoms with Crippen LogP contribution in [0, 0.1) is 5.92 Å². The lowest BCUT2D eigenvalue weighted by molar-refractivity contribution is -0.131. The second-order valence-corrected chi connectivity index (χ2v) is 5.82. The lowest BCUT2D eigenvalue weighted by Crippen LogP contribution is -2.21. The molecule has 0 saturated carbocycles. The average Bonchev–Trinajstić information content (AvgIpc) is 2.97. The molecule has 0 radical (unpaired) electrons. The number of hydrogen-bond donors (Lipinski definition) is 1. The number of carboxylic acids is 1. The van der Waals surface area contributed by atoms with Crippen molar-refractivity contribution < 1.29 is 14.6 Å². The molecule has 0 spiro atoms. The quantitative estimate of drug-likeness (QED) is 0.813. The van der Waals surface area contributed by atoms with Gasteiger partial charge in [-0.2, -0.15) is 0 Å². The lowest BCUT2D eigenvalue weighted by atomic mass is 10.1. The fourth-order valence-electron chi connectivity index (χ4n) is 2.42. The third-order valence-corrected chi connectivity index (χ3v) is 4.25. The van der Waals surface area contributed by atoms with Gasteiger partial charge >= 0.3 is 5.97 Å². The highest BCUT2D eigenvalue weighted by Crippen LogP contribution is 2.24. The van der Waals surface area contributed by atoms with Crippen LogP contribution in [0.25, 0.3) is 6.08 Å². The van der Waals surface area contributed by atoms with E-state index < -0.39 is 5.97 Å². The maximum atomic E-state index is 10.6. The molecule has 104 valence electrons. The molecule has 19 heavy (non-hydrogen) atoms. The fraction of sp³-hybridized carbons (Fsp3) is 0.500. The molecule has 1 fully saturated rings. The van der Waals surface area contributed by atoms with Crippen LogP contribution in [-0.4, -0.2) is 42.8 Å². The second kappa shape index (κ2) is 6.84. The Labute approximate surface area is 117 Å². The Bertz CT molecular complexity index is 455. The molecule has 1 atom stereocenters. The first-order valence-corrected chi connectivity index (χ1v) is 7.25. The molecule has 0 aromatic carbocycles. The van der Waals surface area contributed by atoms with E-state index in [1.807, 2.05) is 11.4 Å². The number of nitrogens with zero attached hydrogens (tertiary/aromatic N) is 1. The van der Waals surface area contributed by atoms with Gasteiger partial charge in [0, 0.05) is 31.2 Å². The highest BCUT2D eigenvalue weighted by Gasteiger charge is 2.22. The molecular formula is C14H19NO3S. The number of aliphatic carboxylic acids is 1. The standard InChI is InChI=1S/C14H19NO3S/c1-18-10-11-4-6-15(8-11)9-13-12(5-7-19-13)2-3-14(16)17/h2-3,5,7,11H,4,6,8-10H2,1H3,(H,16,17). The summed E-state index contributed by atoms with van der Waals surface area (Å²) in [5.41, 5.74) is 1.02. The van der Waals surface area contributed by atoms with Crippen LogP contribution < -0.4 is 0 Å². The summed E-state index contributed by atoms with van der Waals surface area (Å²) in [7, 11) is 1.75. The number of hydrogen-bond acceptors (Lipinski definition) is 4. The van der Waals surface area contributed by atoms with E-state index in [1.54, 1.807) is 24.5 Å². The molecule has 1 saturated heterocycles. The zero-order valence-electron chi connectivity index (χ0n) is 11.0. The van der Waals surface area contributed by atoms with E-state index in [9.17, 15) is 4.79 Å². The zero-order chi connectivity index (χ0) is 13.7. The van der Waals surface area contributed by atoms with Crippen molar-refractivity contribution in [3.8, 4) is 0 Å². The van der Waals surface area contributed by atoms with Crippen molar-refractivity contribution in [1.82, 2.24) is 4.90 Å².